The molecule has 1 fully saturated rings. The summed E-state index contributed by atoms with van der Waals surface area (Å²) < 4.78 is 0. The summed E-state index contributed by atoms with van der Waals surface area (Å²) in [7, 11) is 0. The van der Waals surface area contributed by atoms with Gasteiger partial charge in [-0.15, -0.1) is 11.8 Å². The number of hydrogen-bond acceptors (Lipinski definition) is 1. The monoisotopic (exact) mass is 193 g/mol. The smallest absolute Gasteiger partial charge is 0.00913 e. The zero-order valence-corrected chi connectivity index (χ0v) is 9.77. The first-order chi connectivity index (χ1) is 6.74. The van der Waals surface area contributed by atoms with Gasteiger partial charge in [0.1, 0.15) is 0 Å². The van der Waals surface area contributed by atoms with E-state index in [1.807, 2.05) is 6.92 Å². The van der Waals surface area contributed by atoms with E-state index in [9.17, 15) is 0 Å². The average molecular weight is 193 g/mol. The van der Waals surface area contributed by atoms with Gasteiger partial charge in [-0.05, 0) is 44.6 Å². The first kappa shape index (κ1) is 11.6. The molecule has 1 saturated carbocycles. The fourth-order valence-electron chi connectivity index (χ4n) is 2.06. The van der Waals surface area contributed by atoms with E-state index in [-0.39, 0.29) is 0 Å². The maximum absolute atomic E-state index is 3.53. The van der Waals surface area contributed by atoms with Crippen LogP contribution in [0.5, 0.6) is 0 Å². The van der Waals surface area contributed by atoms with E-state index in [2.05, 4.69) is 31.0 Å². The molecule has 0 aliphatic heterocycles. The lowest BCUT2D eigenvalue weighted by Crippen LogP contribution is -2.37. The summed E-state index contributed by atoms with van der Waals surface area (Å²) in [6, 6.07) is 0.631. The van der Waals surface area contributed by atoms with Gasteiger partial charge in [0.2, 0.25) is 0 Å². The Labute approximate surface area is 88.7 Å². The molecule has 14 heavy (non-hydrogen) atoms. The Bertz CT molecular complexity index is 209. The van der Waals surface area contributed by atoms with Crippen molar-refractivity contribution in [2.24, 2.45) is 11.8 Å². The summed E-state index contributed by atoms with van der Waals surface area (Å²) in [6.07, 6.45) is 5.25. The zero-order chi connectivity index (χ0) is 10.4. The van der Waals surface area contributed by atoms with E-state index in [1.165, 1.54) is 25.8 Å². The van der Waals surface area contributed by atoms with Crippen LogP contribution in [0.15, 0.2) is 0 Å². The van der Waals surface area contributed by atoms with Crippen LogP contribution in [0.2, 0.25) is 0 Å². The lowest BCUT2D eigenvalue weighted by molar-refractivity contribution is 0.159. The molecule has 2 unspecified atom stereocenters. The van der Waals surface area contributed by atoms with Gasteiger partial charge >= 0.3 is 0 Å². The third kappa shape index (κ3) is 3.72. The van der Waals surface area contributed by atoms with Crippen LogP contribution < -0.4 is 5.32 Å². The second kappa shape index (κ2) is 6.09. The molecule has 0 aromatic rings. The van der Waals surface area contributed by atoms with E-state index in [1.54, 1.807) is 0 Å². The van der Waals surface area contributed by atoms with Crippen molar-refractivity contribution in [2.75, 3.05) is 6.54 Å². The molecule has 1 N–H and O–H groups in total. The summed E-state index contributed by atoms with van der Waals surface area (Å²) in [6.45, 7) is 7.58. The maximum atomic E-state index is 3.53. The Morgan fingerprint density at radius 1 is 1.29 bits per heavy atom. The Balaban J connectivity index is 2.11. The van der Waals surface area contributed by atoms with Crippen molar-refractivity contribution in [2.45, 2.75) is 52.5 Å². The van der Waals surface area contributed by atoms with Crippen molar-refractivity contribution < 1.29 is 0 Å². The van der Waals surface area contributed by atoms with Gasteiger partial charge in [0.15, 0.2) is 0 Å². The van der Waals surface area contributed by atoms with E-state index in [0.717, 1.165) is 18.3 Å². The standard InChI is InChI=1S/C13H23N/c1-4-5-6-7-12-8-9-13(12)10-14-11(2)3/h11-14H,6-10H2,1-3H3. The molecule has 0 aromatic carbocycles. The van der Waals surface area contributed by atoms with Gasteiger partial charge in [-0.1, -0.05) is 13.8 Å². The highest BCUT2D eigenvalue weighted by Gasteiger charge is 2.29. The highest BCUT2D eigenvalue weighted by Crippen LogP contribution is 2.36. The van der Waals surface area contributed by atoms with Crippen molar-refractivity contribution in [1.29, 1.82) is 0 Å². The van der Waals surface area contributed by atoms with Crippen LogP contribution >= 0.6 is 0 Å². The molecule has 0 heterocycles. The Morgan fingerprint density at radius 3 is 2.50 bits per heavy atom. The Morgan fingerprint density at radius 2 is 2.00 bits per heavy atom. The molecular formula is C13H23N. The molecular weight excluding hydrogens is 170 g/mol. The Kier molecular flexibility index (Phi) is 5.04. The summed E-state index contributed by atoms with van der Waals surface area (Å²) in [4.78, 5) is 0. The Hall–Kier alpha value is -0.480. The van der Waals surface area contributed by atoms with E-state index < -0.39 is 0 Å². The van der Waals surface area contributed by atoms with Crippen LogP contribution in [0.4, 0.5) is 0 Å². The second-order valence-corrected chi connectivity index (χ2v) is 4.63. The predicted octanol–water partition coefficient (Wildman–Crippen LogP) is 2.81. The topological polar surface area (TPSA) is 12.0 Å². The van der Waals surface area contributed by atoms with Gasteiger partial charge in [-0.3, -0.25) is 0 Å². The minimum Gasteiger partial charge on any atom is -0.314 e. The molecule has 1 nitrogen and oxygen atoms in total. The lowest BCUT2D eigenvalue weighted by atomic mass is 9.71. The fourth-order valence-corrected chi connectivity index (χ4v) is 2.06. The molecule has 1 aliphatic rings. The van der Waals surface area contributed by atoms with Crippen LogP contribution in [-0.2, 0) is 0 Å². The zero-order valence-electron chi connectivity index (χ0n) is 9.77. The van der Waals surface area contributed by atoms with Gasteiger partial charge < -0.3 is 5.32 Å². The molecule has 1 heteroatoms. The number of hydrogen-bond donors (Lipinski definition) is 1. The minimum absolute atomic E-state index is 0.631. The molecule has 0 radical (unpaired) electrons. The van der Waals surface area contributed by atoms with Crippen LogP contribution in [0.1, 0.15) is 46.5 Å². The van der Waals surface area contributed by atoms with E-state index in [4.69, 9.17) is 0 Å². The predicted molar refractivity (Wildman–Crippen MR) is 62.0 cm³/mol. The minimum atomic E-state index is 0.631. The van der Waals surface area contributed by atoms with Crippen molar-refractivity contribution in [1.82, 2.24) is 5.32 Å². The highest BCUT2D eigenvalue weighted by atomic mass is 14.9. The molecule has 0 amide bonds. The highest BCUT2D eigenvalue weighted by molar-refractivity contribution is 4.96. The molecule has 1 rings (SSSR count). The summed E-state index contributed by atoms with van der Waals surface area (Å²) in [5.41, 5.74) is 0. The van der Waals surface area contributed by atoms with Crippen LogP contribution in [-0.4, -0.2) is 12.6 Å². The first-order valence-electron chi connectivity index (χ1n) is 5.87. The number of nitrogens with one attached hydrogen (secondary N) is 1. The quantitative estimate of drug-likeness (QED) is 0.662. The van der Waals surface area contributed by atoms with Crippen LogP contribution in [0.3, 0.4) is 0 Å². The molecule has 0 aromatic heterocycles. The van der Waals surface area contributed by atoms with Crippen molar-refractivity contribution in [3.63, 3.8) is 0 Å². The molecule has 0 spiro atoms. The third-order valence-corrected chi connectivity index (χ3v) is 3.18. The van der Waals surface area contributed by atoms with Gasteiger partial charge in [0.25, 0.3) is 0 Å². The summed E-state index contributed by atoms with van der Waals surface area (Å²) >= 11 is 0. The molecule has 0 bridgehead atoms. The van der Waals surface area contributed by atoms with Gasteiger partial charge in [-0.2, -0.15) is 0 Å². The first-order valence-corrected chi connectivity index (χ1v) is 5.87. The van der Waals surface area contributed by atoms with E-state index >= 15 is 0 Å². The van der Waals surface area contributed by atoms with Crippen molar-refractivity contribution >= 4 is 0 Å². The summed E-state index contributed by atoms with van der Waals surface area (Å²) in [5.74, 6) is 8.01. The average Bonchev–Trinajstić information content (AvgIpc) is 2.10. The summed E-state index contributed by atoms with van der Waals surface area (Å²) in [5, 5.41) is 3.53. The van der Waals surface area contributed by atoms with Gasteiger partial charge in [0, 0.05) is 12.5 Å². The van der Waals surface area contributed by atoms with Gasteiger partial charge in [0.05, 0.1) is 0 Å². The maximum Gasteiger partial charge on any atom is 0.00913 e. The second-order valence-electron chi connectivity index (χ2n) is 4.63. The molecule has 0 saturated heterocycles. The molecule has 80 valence electrons. The largest absolute Gasteiger partial charge is 0.314 e. The fraction of sp³-hybridized carbons (Fsp3) is 0.846. The third-order valence-electron chi connectivity index (χ3n) is 3.18. The van der Waals surface area contributed by atoms with E-state index in [0.29, 0.717) is 6.04 Å². The lowest BCUT2D eigenvalue weighted by Gasteiger charge is -2.37. The molecule has 2 atom stereocenters. The SMILES string of the molecule is CC#CCCC1CCC1CNC(C)C. The van der Waals surface area contributed by atoms with Crippen molar-refractivity contribution in [3.8, 4) is 11.8 Å². The molecule has 1 aliphatic carbocycles. The van der Waals surface area contributed by atoms with Gasteiger partial charge in [-0.25, -0.2) is 0 Å². The van der Waals surface area contributed by atoms with Crippen LogP contribution in [0.25, 0.3) is 0 Å². The number of rotatable bonds is 5. The van der Waals surface area contributed by atoms with Crippen LogP contribution in [0, 0.1) is 23.7 Å². The van der Waals surface area contributed by atoms with Crippen molar-refractivity contribution in [3.05, 3.63) is 0 Å². The normalized spacial score (nSPS) is 25.4.